The number of aliphatic hydroxyl groups is 1. The van der Waals surface area contributed by atoms with Gasteiger partial charge in [0.25, 0.3) is 0 Å². The van der Waals surface area contributed by atoms with Gasteiger partial charge < -0.3 is 15.2 Å². The van der Waals surface area contributed by atoms with E-state index in [9.17, 15) is 4.79 Å². The van der Waals surface area contributed by atoms with E-state index < -0.39 is 0 Å². The van der Waals surface area contributed by atoms with Crippen LogP contribution in [0.15, 0.2) is 0 Å². The first-order chi connectivity index (χ1) is 5.81. The second-order valence-electron chi connectivity index (χ2n) is 2.12. The minimum Gasteiger partial charge on any atom is -0.394 e. The molecule has 0 aliphatic rings. The molecule has 0 atom stereocenters. The van der Waals surface area contributed by atoms with Gasteiger partial charge in [0, 0.05) is 18.3 Å². The van der Waals surface area contributed by atoms with Gasteiger partial charge in [0.2, 0.25) is 5.91 Å². The first kappa shape index (κ1) is 11.9. The molecule has 0 aliphatic heterocycles. The zero-order chi connectivity index (χ0) is 9.23. The van der Waals surface area contributed by atoms with Gasteiger partial charge in [-0.25, -0.2) is 0 Å². The SMILES string of the molecule is O=C(CCBr)NCCOCCO. The van der Waals surface area contributed by atoms with Crippen molar-refractivity contribution in [2.24, 2.45) is 0 Å². The highest BCUT2D eigenvalue weighted by Crippen LogP contribution is 1.86. The minimum atomic E-state index is 0.0134. The first-order valence-electron chi connectivity index (χ1n) is 3.82. The maximum absolute atomic E-state index is 10.8. The van der Waals surface area contributed by atoms with Gasteiger partial charge in [-0.15, -0.1) is 0 Å². The average molecular weight is 240 g/mol. The van der Waals surface area contributed by atoms with Crippen molar-refractivity contribution in [3.05, 3.63) is 0 Å². The lowest BCUT2D eigenvalue weighted by Gasteiger charge is -2.03. The highest BCUT2D eigenvalue weighted by molar-refractivity contribution is 9.09. The lowest BCUT2D eigenvalue weighted by Crippen LogP contribution is -2.27. The third-order valence-electron chi connectivity index (χ3n) is 1.13. The van der Waals surface area contributed by atoms with Gasteiger partial charge in [-0.2, -0.15) is 0 Å². The molecule has 0 aromatic heterocycles. The first-order valence-corrected chi connectivity index (χ1v) is 4.94. The van der Waals surface area contributed by atoms with Crippen molar-refractivity contribution in [2.75, 3.05) is 31.7 Å². The van der Waals surface area contributed by atoms with Crippen molar-refractivity contribution < 1.29 is 14.6 Å². The van der Waals surface area contributed by atoms with E-state index >= 15 is 0 Å². The molecule has 0 bridgehead atoms. The largest absolute Gasteiger partial charge is 0.394 e. The van der Waals surface area contributed by atoms with Crippen LogP contribution in [0.25, 0.3) is 0 Å². The molecule has 0 aliphatic carbocycles. The molecule has 0 aromatic rings. The van der Waals surface area contributed by atoms with Crippen molar-refractivity contribution in [3.63, 3.8) is 0 Å². The molecule has 72 valence electrons. The van der Waals surface area contributed by atoms with Crippen molar-refractivity contribution in [1.82, 2.24) is 5.32 Å². The number of halogens is 1. The molecule has 0 heterocycles. The molecule has 0 saturated heterocycles. The third-order valence-corrected chi connectivity index (χ3v) is 1.52. The number of hydrogen-bond donors (Lipinski definition) is 2. The van der Waals surface area contributed by atoms with Gasteiger partial charge in [-0.1, -0.05) is 15.9 Å². The Labute approximate surface area is 80.4 Å². The monoisotopic (exact) mass is 239 g/mol. The van der Waals surface area contributed by atoms with Crippen LogP contribution in [0.5, 0.6) is 0 Å². The summed E-state index contributed by atoms with van der Waals surface area (Å²) in [5, 5.41) is 11.7. The Bertz CT molecular complexity index is 121. The minimum absolute atomic E-state index is 0.0134. The van der Waals surface area contributed by atoms with Gasteiger partial charge in [0.05, 0.1) is 19.8 Å². The Kier molecular flexibility index (Phi) is 8.86. The van der Waals surface area contributed by atoms with Crippen LogP contribution in [0.2, 0.25) is 0 Å². The molecule has 5 heteroatoms. The fraction of sp³-hybridized carbons (Fsp3) is 0.857. The maximum Gasteiger partial charge on any atom is 0.220 e. The third kappa shape index (κ3) is 7.97. The van der Waals surface area contributed by atoms with E-state index in [1.807, 2.05) is 0 Å². The van der Waals surface area contributed by atoms with E-state index in [1.165, 1.54) is 0 Å². The van der Waals surface area contributed by atoms with Gasteiger partial charge in [0.15, 0.2) is 0 Å². The summed E-state index contributed by atoms with van der Waals surface area (Å²) in [6, 6.07) is 0. The lowest BCUT2D eigenvalue weighted by molar-refractivity contribution is -0.120. The fourth-order valence-corrected chi connectivity index (χ4v) is 0.964. The van der Waals surface area contributed by atoms with Crippen molar-refractivity contribution >= 4 is 21.8 Å². The lowest BCUT2D eigenvalue weighted by atomic mass is 10.4. The molecular formula is C7H14BrNO3. The van der Waals surface area contributed by atoms with Crippen molar-refractivity contribution in [3.8, 4) is 0 Å². The molecule has 0 unspecified atom stereocenters. The van der Waals surface area contributed by atoms with E-state index in [2.05, 4.69) is 21.2 Å². The van der Waals surface area contributed by atoms with Gasteiger partial charge in [0.1, 0.15) is 0 Å². The van der Waals surface area contributed by atoms with Gasteiger partial charge in [-0.05, 0) is 0 Å². The van der Waals surface area contributed by atoms with Crippen molar-refractivity contribution in [1.29, 1.82) is 0 Å². The number of rotatable bonds is 7. The molecule has 2 N–H and O–H groups in total. The summed E-state index contributed by atoms with van der Waals surface area (Å²) in [7, 11) is 0. The summed E-state index contributed by atoms with van der Waals surface area (Å²) in [5.41, 5.74) is 0. The summed E-state index contributed by atoms with van der Waals surface area (Å²) >= 11 is 3.16. The van der Waals surface area contributed by atoms with E-state index in [1.54, 1.807) is 0 Å². The standard InChI is InChI=1S/C7H14BrNO3/c8-2-1-7(11)9-3-5-12-6-4-10/h10H,1-6H2,(H,9,11). The Morgan fingerprint density at radius 2 is 2.25 bits per heavy atom. The number of nitrogens with one attached hydrogen (secondary N) is 1. The average Bonchev–Trinajstić information content (AvgIpc) is 2.05. The van der Waals surface area contributed by atoms with Crippen LogP contribution in [0, 0.1) is 0 Å². The number of alkyl halides is 1. The molecule has 0 saturated carbocycles. The van der Waals surface area contributed by atoms with Gasteiger partial charge >= 0.3 is 0 Å². The molecule has 0 radical (unpaired) electrons. The molecule has 12 heavy (non-hydrogen) atoms. The molecule has 0 fully saturated rings. The van der Waals surface area contributed by atoms with Crippen LogP contribution in [0.1, 0.15) is 6.42 Å². The molecule has 0 aromatic carbocycles. The maximum atomic E-state index is 10.8. The zero-order valence-electron chi connectivity index (χ0n) is 6.88. The van der Waals surface area contributed by atoms with E-state index in [4.69, 9.17) is 9.84 Å². The summed E-state index contributed by atoms with van der Waals surface area (Å²) in [6.07, 6.45) is 0.486. The Balaban J connectivity index is 3.03. The predicted octanol–water partition coefficient (Wildman–Crippen LogP) is -0.103. The number of amides is 1. The Morgan fingerprint density at radius 1 is 1.50 bits per heavy atom. The van der Waals surface area contributed by atoms with Crippen LogP contribution in [0.3, 0.4) is 0 Å². The summed E-state index contributed by atoms with van der Waals surface area (Å²) < 4.78 is 4.93. The number of aliphatic hydroxyl groups excluding tert-OH is 1. The van der Waals surface area contributed by atoms with Crippen molar-refractivity contribution in [2.45, 2.75) is 6.42 Å². The van der Waals surface area contributed by atoms with Crippen LogP contribution in [0.4, 0.5) is 0 Å². The summed E-state index contributed by atoms with van der Waals surface area (Å²) in [5.74, 6) is 0.0134. The normalized spacial score (nSPS) is 9.83. The van der Waals surface area contributed by atoms with E-state index in [-0.39, 0.29) is 12.5 Å². The molecule has 0 spiro atoms. The number of ether oxygens (including phenoxy) is 1. The molecule has 1 amide bonds. The second-order valence-corrected chi connectivity index (χ2v) is 2.92. The zero-order valence-corrected chi connectivity index (χ0v) is 8.47. The number of hydrogen-bond acceptors (Lipinski definition) is 3. The second kappa shape index (κ2) is 8.96. The highest BCUT2D eigenvalue weighted by Gasteiger charge is 1.97. The van der Waals surface area contributed by atoms with E-state index in [0.29, 0.717) is 31.5 Å². The Hall–Kier alpha value is -0.130. The Morgan fingerprint density at radius 3 is 2.83 bits per heavy atom. The van der Waals surface area contributed by atoms with Crippen LogP contribution in [-0.4, -0.2) is 42.7 Å². The summed E-state index contributed by atoms with van der Waals surface area (Å²) in [4.78, 5) is 10.8. The quantitative estimate of drug-likeness (QED) is 0.482. The molecular weight excluding hydrogens is 226 g/mol. The molecule has 4 nitrogen and oxygen atoms in total. The fourth-order valence-electron chi connectivity index (χ4n) is 0.603. The van der Waals surface area contributed by atoms with Crippen LogP contribution in [-0.2, 0) is 9.53 Å². The smallest absolute Gasteiger partial charge is 0.220 e. The summed E-state index contributed by atoms with van der Waals surface area (Å²) in [6.45, 7) is 1.31. The molecule has 0 rings (SSSR count). The number of carbonyl (C=O) groups is 1. The van der Waals surface area contributed by atoms with Gasteiger partial charge in [-0.3, -0.25) is 4.79 Å². The van der Waals surface area contributed by atoms with Crippen LogP contribution >= 0.6 is 15.9 Å². The van der Waals surface area contributed by atoms with Crippen LogP contribution < -0.4 is 5.32 Å². The number of carbonyl (C=O) groups excluding carboxylic acids is 1. The predicted molar refractivity (Wildman–Crippen MR) is 49.3 cm³/mol. The highest BCUT2D eigenvalue weighted by atomic mass is 79.9. The van der Waals surface area contributed by atoms with E-state index in [0.717, 1.165) is 0 Å². The topological polar surface area (TPSA) is 58.6 Å².